The quantitative estimate of drug-likeness (QED) is 0.282. The van der Waals surface area contributed by atoms with E-state index < -0.39 is 28.9 Å². The first kappa shape index (κ1) is 23.3. The second-order valence-electron chi connectivity index (χ2n) is 7.74. The monoisotopic (exact) mass is 359 g/mol. The minimum Gasteiger partial charge on any atom is -0.480 e. The highest BCUT2D eigenvalue weighted by Gasteiger charge is 2.41. The van der Waals surface area contributed by atoms with E-state index in [9.17, 15) is 14.4 Å². The van der Waals surface area contributed by atoms with Gasteiger partial charge in [0.2, 0.25) is 11.8 Å². The topological polar surface area (TPSA) is 174 Å². The van der Waals surface area contributed by atoms with E-state index >= 15 is 0 Å². The highest BCUT2D eigenvalue weighted by molar-refractivity contribution is 5.89. The molecule has 0 aliphatic heterocycles. The van der Waals surface area contributed by atoms with E-state index in [1.165, 1.54) is 0 Å². The molecule has 9 nitrogen and oxygen atoms in total. The molecule has 0 fully saturated rings. The molecule has 0 aromatic carbocycles. The fourth-order valence-electron chi connectivity index (χ4n) is 2.66. The van der Waals surface area contributed by atoms with Crippen LogP contribution in [0.15, 0.2) is 0 Å². The molecule has 0 heterocycles. The SMILES string of the molecule is C[C@H](NC(=O)C(C)(C)CC(C)(C)[C@H](N)C(=O)O)C(=O)NC(CN)CN. The van der Waals surface area contributed by atoms with E-state index in [1.54, 1.807) is 34.6 Å². The summed E-state index contributed by atoms with van der Waals surface area (Å²) in [7, 11) is 0. The van der Waals surface area contributed by atoms with Crippen molar-refractivity contribution < 1.29 is 19.5 Å². The normalized spacial score (nSPS) is 14.8. The molecular weight excluding hydrogens is 326 g/mol. The maximum atomic E-state index is 12.5. The van der Waals surface area contributed by atoms with Gasteiger partial charge in [-0.05, 0) is 18.8 Å². The van der Waals surface area contributed by atoms with Gasteiger partial charge in [0.25, 0.3) is 0 Å². The van der Waals surface area contributed by atoms with Gasteiger partial charge in [-0.1, -0.05) is 27.7 Å². The van der Waals surface area contributed by atoms with Gasteiger partial charge < -0.3 is 32.9 Å². The lowest BCUT2D eigenvalue weighted by molar-refractivity contribution is -0.143. The maximum Gasteiger partial charge on any atom is 0.321 e. The van der Waals surface area contributed by atoms with Gasteiger partial charge in [-0.15, -0.1) is 0 Å². The second kappa shape index (κ2) is 9.12. The molecule has 0 unspecified atom stereocenters. The van der Waals surface area contributed by atoms with Crippen molar-refractivity contribution in [2.45, 2.75) is 59.2 Å². The molecule has 0 bridgehead atoms. The van der Waals surface area contributed by atoms with Crippen LogP contribution in [0, 0.1) is 10.8 Å². The predicted octanol–water partition coefficient (Wildman–Crippen LogP) is -1.25. The van der Waals surface area contributed by atoms with Gasteiger partial charge in [-0.25, -0.2) is 0 Å². The third kappa shape index (κ3) is 6.97. The van der Waals surface area contributed by atoms with Crippen LogP contribution in [0.25, 0.3) is 0 Å². The van der Waals surface area contributed by atoms with Crippen LogP contribution >= 0.6 is 0 Å². The Hall–Kier alpha value is -1.71. The van der Waals surface area contributed by atoms with Gasteiger partial charge in [-0.3, -0.25) is 14.4 Å². The Balaban J connectivity index is 4.91. The Labute approximate surface area is 149 Å². The first-order chi connectivity index (χ1) is 11.3. The fraction of sp³-hybridized carbons (Fsp3) is 0.812. The van der Waals surface area contributed by atoms with Crippen LogP contribution in [0.4, 0.5) is 0 Å². The zero-order chi connectivity index (χ0) is 20.0. The molecule has 0 aromatic rings. The number of carbonyl (C=O) groups is 3. The Morgan fingerprint density at radius 3 is 1.92 bits per heavy atom. The van der Waals surface area contributed by atoms with Crippen LogP contribution in [-0.2, 0) is 14.4 Å². The summed E-state index contributed by atoms with van der Waals surface area (Å²) in [5.41, 5.74) is 15.0. The van der Waals surface area contributed by atoms with Crippen LogP contribution in [0.5, 0.6) is 0 Å². The number of carboxylic acids is 1. The third-order valence-corrected chi connectivity index (χ3v) is 4.28. The molecule has 9 heteroatoms. The lowest BCUT2D eigenvalue weighted by atomic mass is 9.70. The number of nitrogens with one attached hydrogen (secondary N) is 2. The molecule has 25 heavy (non-hydrogen) atoms. The summed E-state index contributed by atoms with van der Waals surface area (Å²) in [4.78, 5) is 35.8. The number of aliphatic carboxylic acids is 1. The minimum atomic E-state index is -1.12. The van der Waals surface area contributed by atoms with Gasteiger partial charge in [0.15, 0.2) is 0 Å². The molecule has 2 amide bonds. The van der Waals surface area contributed by atoms with E-state index in [1.807, 2.05) is 0 Å². The van der Waals surface area contributed by atoms with E-state index in [2.05, 4.69) is 10.6 Å². The van der Waals surface area contributed by atoms with Crippen LogP contribution in [0.2, 0.25) is 0 Å². The van der Waals surface area contributed by atoms with Gasteiger partial charge in [0, 0.05) is 18.5 Å². The summed E-state index contributed by atoms with van der Waals surface area (Å²) in [6, 6.07) is -2.23. The van der Waals surface area contributed by atoms with Crippen molar-refractivity contribution in [2.24, 2.45) is 28.0 Å². The van der Waals surface area contributed by atoms with E-state index in [-0.39, 0.29) is 37.4 Å². The van der Waals surface area contributed by atoms with Crippen molar-refractivity contribution in [3.63, 3.8) is 0 Å². The molecule has 0 aliphatic rings. The minimum absolute atomic E-state index is 0.204. The first-order valence-corrected chi connectivity index (χ1v) is 8.28. The fourth-order valence-corrected chi connectivity index (χ4v) is 2.66. The molecule has 0 saturated carbocycles. The molecule has 9 N–H and O–H groups in total. The van der Waals surface area contributed by atoms with Crippen molar-refractivity contribution >= 4 is 17.8 Å². The summed E-state index contributed by atoms with van der Waals surface area (Å²) >= 11 is 0. The number of hydrogen-bond donors (Lipinski definition) is 6. The predicted molar refractivity (Wildman–Crippen MR) is 95.4 cm³/mol. The van der Waals surface area contributed by atoms with Gasteiger partial charge in [0.05, 0.1) is 6.04 Å². The Morgan fingerprint density at radius 1 is 1.04 bits per heavy atom. The van der Waals surface area contributed by atoms with Crippen molar-refractivity contribution in [1.29, 1.82) is 0 Å². The van der Waals surface area contributed by atoms with Crippen molar-refractivity contribution in [3.8, 4) is 0 Å². The molecule has 0 spiro atoms. The van der Waals surface area contributed by atoms with Gasteiger partial charge >= 0.3 is 5.97 Å². The van der Waals surface area contributed by atoms with Crippen LogP contribution in [-0.4, -0.2) is 54.1 Å². The molecule has 0 saturated heterocycles. The standard InChI is InChI=1S/C16H33N5O4/c1-9(12(22)21-10(6-17)7-18)20-14(25)16(4,5)8-15(2,3)11(19)13(23)24/h9-11H,6-8,17-19H2,1-5H3,(H,20,25)(H,21,22)(H,23,24)/t9-,11+/m0/s1. The Bertz CT molecular complexity index is 489. The first-order valence-electron chi connectivity index (χ1n) is 8.28. The molecule has 0 aromatic heterocycles. The zero-order valence-corrected chi connectivity index (χ0v) is 15.8. The van der Waals surface area contributed by atoms with Crippen molar-refractivity contribution in [3.05, 3.63) is 0 Å². The van der Waals surface area contributed by atoms with E-state index in [4.69, 9.17) is 22.3 Å². The van der Waals surface area contributed by atoms with Crippen LogP contribution in [0.3, 0.4) is 0 Å². The maximum absolute atomic E-state index is 12.5. The molecule has 0 rings (SSSR count). The summed E-state index contributed by atoms with van der Waals surface area (Å²) < 4.78 is 0. The average molecular weight is 359 g/mol. The Kier molecular flexibility index (Phi) is 8.49. The van der Waals surface area contributed by atoms with Crippen LogP contribution in [0.1, 0.15) is 41.0 Å². The number of amides is 2. The molecule has 0 aliphatic carbocycles. The lowest BCUT2D eigenvalue weighted by Crippen LogP contribution is -2.55. The summed E-state index contributed by atoms with van der Waals surface area (Å²) in [6.45, 7) is 8.73. The summed E-state index contributed by atoms with van der Waals surface area (Å²) in [5.74, 6) is -1.87. The zero-order valence-electron chi connectivity index (χ0n) is 15.8. The molecular formula is C16H33N5O4. The van der Waals surface area contributed by atoms with Gasteiger partial charge in [-0.2, -0.15) is 0 Å². The largest absolute Gasteiger partial charge is 0.480 e. The number of nitrogens with two attached hydrogens (primary N) is 3. The second-order valence-corrected chi connectivity index (χ2v) is 7.74. The number of carboxylic acid groups (broad SMARTS) is 1. The average Bonchev–Trinajstić information content (AvgIpc) is 2.49. The van der Waals surface area contributed by atoms with E-state index in [0.717, 1.165) is 0 Å². The van der Waals surface area contributed by atoms with E-state index in [0.29, 0.717) is 0 Å². The van der Waals surface area contributed by atoms with Gasteiger partial charge in [0.1, 0.15) is 12.1 Å². The third-order valence-electron chi connectivity index (χ3n) is 4.28. The Morgan fingerprint density at radius 2 is 1.52 bits per heavy atom. The smallest absolute Gasteiger partial charge is 0.321 e. The van der Waals surface area contributed by atoms with Crippen molar-refractivity contribution in [1.82, 2.24) is 10.6 Å². The summed E-state index contributed by atoms with van der Waals surface area (Å²) in [5, 5.41) is 14.4. The highest BCUT2D eigenvalue weighted by Crippen LogP contribution is 2.36. The number of rotatable bonds is 10. The van der Waals surface area contributed by atoms with Crippen molar-refractivity contribution in [2.75, 3.05) is 13.1 Å². The molecule has 146 valence electrons. The number of carbonyl (C=O) groups excluding carboxylic acids is 2. The summed E-state index contributed by atoms with van der Waals surface area (Å²) in [6.07, 6.45) is 0.238. The molecule has 2 atom stereocenters. The van der Waals surface area contributed by atoms with Crippen LogP contribution < -0.4 is 27.8 Å². The lowest BCUT2D eigenvalue weighted by Gasteiger charge is -2.36. The highest BCUT2D eigenvalue weighted by atomic mass is 16.4. The molecule has 0 radical (unpaired) electrons. The number of hydrogen-bond acceptors (Lipinski definition) is 6.